The lowest BCUT2D eigenvalue weighted by Crippen LogP contribution is -2.59. The molecule has 0 aromatic carbocycles. The molecule has 3 nitrogen and oxygen atoms in total. The predicted molar refractivity (Wildman–Crippen MR) is 57.5 cm³/mol. The molecule has 0 unspecified atom stereocenters. The van der Waals surface area contributed by atoms with Gasteiger partial charge in [-0.3, -0.25) is 4.90 Å². The van der Waals surface area contributed by atoms with Crippen LogP contribution in [0, 0.1) is 0 Å². The quantitative estimate of drug-likeness (QED) is 0.676. The van der Waals surface area contributed by atoms with Crippen LogP contribution in [0.5, 0.6) is 0 Å². The number of likely N-dealkylation sites (tertiary alicyclic amines) is 1. The number of hydrogen-bond donors (Lipinski definition) is 1. The van der Waals surface area contributed by atoms with E-state index in [1.54, 1.807) is 0 Å². The van der Waals surface area contributed by atoms with E-state index in [1.165, 1.54) is 19.4 Å². The van der Waals surface area contributed by atoms with Crippen LogP contribution >= 0.6 is 0 Å². The molecule has 1 atom stereocenters. The van der Waals surface area contributed by atoms with E-state index in [-0.39, 0.29) is 5.60 Å². The zero-order valence-corrected chi connectivity index (χ0v) is 9.38. The average molecular weight is 198 g/mol. The van der Waals surface area contributed by atoms with Gasteiger partial charge in [-0.25, -0.2) is 0 Å². The number of morpholine rings is 1. The van der Waals surface area contributed by atoms with Gasteiger partial charge in [0.15, 0.2) is 0 Å². The van der Waals surface area contributed by atoms with Crippen molar-refractivity contribution in [3.63, 3.8) is 0 Å². The molecule has 82 valence electrons. The maximum Gasteiger partial charge on any atom is 0.0933 e. The summed E-state index contributed by atoms with van der Waals surface area (Å²) in [4.78, 5) is 2.54. The standard InChI is InChI=1S/C11H22N2O/c1-10(2)13-6-3-4-11(9-13)8-12-5-7-14-11/h10,12H,3-9H2,1-2H3/t11-/m0/s1. The van der Waals surface area contributed by atoms with Gasteiger partial charge in [0.25, 0.3) is 0 Å². The summed E-state index contributed by atoms with van der Waals surface area (Å²) in [7, 11) is 0. The first kappa shape index (κ1) is 10.4. The summed E-state index contributed by atoms with van der Waals surface area (Å²) < 4.78 is 5.98. The molecule has 0 aromatic rings. The number of piperidine rings is 1. The van der Waals surface area contributed by atoms with Crippen LogP contribution in [0.1, 0.15) is 26.7 Å². The highest BCUT2D eigenvalue weighted by atomic mass is 16.5. The van der Waals surface area contributed by atoms with E-state index in [0.29, 0.717) is 6.04 Å². The first-order valence-corrected chi connectivity index (χ1v) is 5.81. The molecule has 0 saturated carbocycles. The first-order valence-electron chi connectivity index (χ1n) is 5.81. The van der Waals surface area contributed by atoms with Gasteiger partial charge in [-0.2, -0.15) is 0 Å². The van der Waals surface area contributed by atoms with E-state index in [2.05, 4.69) is 24.1 Å². The van der Waals surface area contributed by atoms with E-state index >= 15 is 0 Å². The Labute approximate surface area is 86.8 Å². The van der Waals surface area contributed by atoms with Crippen LogP contribution in [0.15, 0.2) is 0 Å². The third kappa shape index (κ3) is 2.10. The highest BCUT2D eigenvalue weighted by Crippen LogP contribution is 2.27. The van der Waals surface area contributed by atoms with Crippen molar-refractivity contribution in [1.82, 2.24) is 10.2 Å². The fourth-order valence-electron chi connectivity index (χ4n) is 2.54. The minimum absolute atomic E-state index is 0.126. The highest BCUT2D eigenvalue weighted by Gasteiger charge is 2.38. The summed E-state index contributed by atoms with van der Waals surface area (Å²) in [6.07, 6.45) is 2.50. The van der Waals surface area contributed by atoms with Gasteiger partial charge in [-0.05, 0) is 33.2 Å². The largest absolute Gasteiger partial charge is 0.371 e. The Kier molecular flexibility index (Phi) is 3.10. The molecule has 2 aliphatic rings. The molecule has 2 fully saturated rings. The van der Waals surface area contributed by atoms with E-state index in [0.717, 1.165) is 26.2 Å². The molecule has 1 N–H and O–H groups in total. The van der Waals surface area contributed by atoms with Crippen molar-refractivity contribution in [2.45, 2.75) is 38.3 Å². The summed E-state index contributed by atoms with van der Waals surface area (Å²) in [6, 6.07) is 0.651. The number of nitrogens with one attached hydrogen (secondary N) is 1. The third-order valence-corrected chi connectivity index (χ3v) is 3.43. The molecule has 1 spiro atoms. The molecule has 3 heteroatoms. The Morgan fingerprint density at radius 2 is 2.29 bits per heavy atom. The second-order valence-electron chi connectivity index (χ2n) is 4.88. The lowest BCUT2D eigenvalue weighted by molar-refractivity contribution is -0.110. The van der Waals surface area contributed by atoms with Gasteiger partial charge in [0.05, 0.1) is 12.2 Å². The molecular formula is C11H22N2O. The Hall–Kier alpha value is -0.120. The van der Waals surface area contributed by atoms with Crippen LogP contribution in [0.2, 0.25) is 0 Å². The Balaban J connectivity index is 1.97. The Morgan fingerprint density at radius 1 is 1.43 bits per heavy atom. The van der Waals surface area contributed by atoms with Crippen molar-refractivity contribution in [2.24, 2.45) is 0 Å². The molecule has 0 aliphatic carbocycles. The lowest BCUT2D eigenvalue weighted by Gasteiger charge is -2.46. The van der Waals surface area contributed by atoms with Crippen molar-refractivity contribution in [1.29, 1.82) is 0 Å². The van der Waals surface area contributed by atoms with Gasteiger partial charge < -0.3 is 10.1 Å². The van der Waals surface area contributed by atoms with Gasteiger partial charge in [-0.15, -0.1) is 0 Å². The molecule has 0 amide bonds. The molecule has 2 heterocycles. The van der Waals surface area contributed by atoms with E-state index < -0.39 is 0 Å². The molecule has 0 radical (unpaired) electrons. The molecule has 0 bridgehead atoms. The third-order valence-electron chi connectivity index (χ3n) is 3.43. The van der Waals surface area contributed by atoms with Crippen LogP contribution in [0.4, 0.5) is 0 Å². The van der Waals surface area contributed by atoms with Crippen molar-refractivity contribution in [3.05, 3.63) is 0 Å². The molecule has 14 heavy (non-hydrogen) atoms. The smallest absolute Gasteiger partial charge is 0.0933 e. The van der Waals surface area contributed by atoms with Gasteiger partial charge in [0.1, 0.15) is 0 Å². The van der Waals surface area contributed by atoms with E-state index in [9.17, 15) is 0 Å². The molecule has 2 aliphatic heterocycles. The van der Waals surface area contributed by atoms with Crippen LogP contribution in [0.25, 0.3) is 0 Å². The van der Waals surface area contributed by atoms with Crippen molar-refractivity contribution < 1.29 is 4.74 Å². The summed E-state index contributed by atoms with van der Waals surface area (Å²) in [5, 5.41) is 3.45. The van der Waals surface area contributed by atoms with Gasteiger partial charge in [0, 0.05) is 25.7 Å². The first-order chi connectivity index (χ1) is 6.72. The number of rotatable bonds is 1. The maximum absolute atomic E-state index is 5.98. The lowest BCUT2D eigenvalue weighted by atomic mass is 9.91. The Morgan fingerprint density at radius 3 is 2.93 bits per heavy atom. The number of hydrogen-bond acceptors (Lipinski definition) is 3. The summed E-state index contributed by atoms with van der Waals surface area (Å²) in [5.74, 6) is 0. The Bertz CT molecular complexity index is 182. The number of nitrogens with zero attached hydrogens (tertiary/aromatic N) is 1. The van der Waals surface area contributed by atoms with Crippen LogP contribution in [0.3, 0.4) is 0 Å². The molecule has 0 aromatic heterocycles. The summed E-state index contributed by atoms with van der Waals surface area (Å²) in [6.45, 7) is 9.83. The minimum atomic E-state index is 0.126. The number of ether oxygens (including phenoxy) is 1. The average Bonchev–Trinajstić information content (AvgIpc) is 2.19. The fourth-order valence-corrected chi connectivity index (χ4v) is 2.54. The van der Waals surface area contributed by atoms with Gasteiger partial charge in [0.2, 0.25) is 0 Å². The fraction of sp³-hybridized carbons (Fsp3) is 1.00. The summed E-state index contributed by atoms with van der Waals surface area (Å²) >= 11 is 0. The normalized spacial score (nSPS) is 35.4. The second kappa shape index (κ2) is 4.17. The highest BCUT2D eigenvalue weighted by molar-refractivity contribution is 4.93. The molecule has 2 saturated heterocycles. The molecule has 2 rings (SSSR count). The predicted octanol–water partition coefficient (Wildman–Crippen LogP) is 0.849. The zero-order valence-electron chi connectivity index (χ0n) is 9.38. The van der Waals surface area contributed by atoms with Crippen LogP contribution < -0.4 is 5.32 Å². The maximum atomic E-state index is 5.98. The summed E-state index contributed by atoms with van der Waals surface area (Å²) in [5.41, 5.74) is 0.126. The van der Waals surface area contributed by atoms with Crippen molar-refractivity contribution in [2.75, 3.05) is 32.8 Å². The SMILES string of the molecule is CC(C)N1CCC[C@]2(CNCCO2)C1. The van der Waals surface area contributed by atoms with Crippen LogP contribution in [-0.2, 0) is 4.74 Å². The van der Waals surface area contributed by atoms with Gasteiger partial charge in [-0.1, -0.05) is 0 Å². The van der Waals surface area contributed by atoms with Crippen LogP contribution in [-0.4, -0.2) is 49.3 Å². The monoisotopic (exact) mass is 198 g/mol. The zero-order chi connectivity index (χ0) is 10.0. The van der Waals surface area contributed by atoms with Crippen molar-refractivity contribution in [3.8, 4) is 0 Å². The van der Waals surface area contributed by atoms with E-state index in [4.69, 9.17) is 4.74 Å². The minimum Gasteiger partial charge on any atom is -0.371 e. The van der Waals surface area contributed by atoms with Crippen molar-refractivity contribution >= 4 is 0 Å². The van der Waals surface area contributed by atoms with E-state index in [1.807, 2.05) is 0 Å². The second-order valence-corrected chi connectivity index (χ2v) is 4.88. The topological polar surface area (TPSA) is 24.5 Å². The molecular weight excluding hydrogens is 176 g/mol. The van der Waals surface area contributed by atoms with Gasteiger partial charge >= 0.3 is 0 Å².